The zero-order valence-electron chi connectivity index (χ0n) is 13.5. The molecular formula is C20H18ClNO2S. The molecule has 5 heteroatoms. The largest absolute Gasteiger partial charge is 0.467 e. The molecule has 1 aromatic heterocycles. The number of carbonyl (C=O) groups excluding carboxylic acids is 1. The van der Waals surface area contributed by atoms with Gasteiger partial charge in [0.1, 0.15) is 11.8 Å². The molecule has 3 rings (SSSR count). The normalized spacial score (nSPS) is 11.9. The molecule has 1 N–H and O–H groups in total. The van der Waals surface area contributed by atoms with Crippen LogP contribution in [0.5, 0.6) is 0 Å². The maximum atomic E-state index is 12.4. The van der Waals surface area contributed by atoms with Crippen molar-refractivity contribution in [2.24, 2.45) is 0 Å². The first kappa shape index (κ1) is 17.6. The molecule has 1 unspecified atom stereocenters. The topological polar surface area (TPSA) is 42.2 Å². The monoisotopic (exact) mass is 371 g/mol. The number of amides is 1. The van der Waals surface area contributed by atoms with Crippen molar-refractivity contribution in [3.8, 4) is 0 Å². The molecular weight excluding hydrogens is 354 g/mol. The molecule has 25 heavy (non-hydrogen) atoms. The fourth-order valence-electron chi connectivity index (χ4n) is 2.45. The van der Waals surface area contributed by atoms with E-state index in [1.54, 1.807) is 18.0 Å². The Morgan fingerprint density at radius 2 is 1.80 bits per heavy atom. The van der Waals surface area contributed by atoms with Gasteiger partial charge in [0.15, 0.2) is 0 Å². The highest BCUT2D eigenvalue weighted by Gasteiger charge is 2.18. The lowest BCUT2D eigenvalue weighted by molar-refractivity contribution is -0.121. The Hall–Kier alpha value is -2.17. The van der Waals surface area contributed by atoms with Gasteiger partial charge in [-0.25, -0.2) is 0 Å². The van der Waals surface area contributed by atoms with Gasteiger partial charge >= 0.3 is 0 Å². The van der Waals surface area contributed by atoms with Gasteiger partial charge in [-0.1, -0.05) is 41.9 Å². The van der Waals surface area contributed by atoms with Crippen molar-refractivity contribution in [1.82, 2.24) is 5.32 Å². The smallest absolute Gasteiger partial charge is 0.221 e. The summed E-state index contributed by atoms with van der Waals surface area (Å²) in [5, 5.41) is 3.78. The van der Waals surface area contributed by atoms with Crippen LogP contribution in [0.1, 0.15) is 23.8 Å². The lowest BCUT2D eigenvalue weighted by atomic mass is 10.0. The third kappa shape index (κ3) is 5.15. The third-order valence-electron chi connectivity index (χ3n) is 3.68. The van der Waals surface area contributed by atoms with Gasteiger partial charge in [-0.15, -0.1) is 11.8 Å². The van der Waals surface area contributed by atoms with Crippen molar-refractivity contribution in [2.75, 3.05) is 5.75 Å². The number of thioether (sulfide) groups is 1. The Balaban J connectivity index is 1.58. The predicted octanol–water partition coefficient (Wildman–Crippen LogP) is 5.32. The second-order valence-electron chi connectivity index (χ2n) is 5.48. The first-order chi connectivity index (χ1) is 12.2. The minimum absolute atomic E-state index is 0.00767. The molecule has 3 aromatic rings. The average molecular weight is 372 g/mol. The summed E-state index contributed by atoms with van der Waals surface area (Å²) in [5.41, 5.74) is 0.996. The van der Waals surface area contributed by atoms with E-state index in [-0.39, 0.29) is 11.9 Å². The van der Waals surface area contributed by atoms with E-state index in [0.29, 0.717) is 17.2 Å². The highest BCUT2D eigenvalue weighted by molar-refractivity contribution is 7.99. The molecule has 0 aliphatic rings. The van der Waals surface area contributed by atoms with Crippen LogP contribution in [0.3, 0.4) is 0 Å². The van der Waals surface area contributed by atoms with Gasteiger partial charge in [-0.3, -0.25) is 4.79 Å². The zero-order chi connectivity index (χ0) is 17.5. The Kier molecular flexibility index (Phi) is 6.20. The van der Waals surface area contributed by atoms with Crippen LogP contribution in [-0.2, 0) is 4.79 Å². The molecule has 0 radical (unpaired) electrons. The summed E-state index contributed by atoms with van der Waals surface area (Å²) in [6.45, 7) is 0. The predicted molar refractivity (Wildman–Crippen MR) is 102 cm³/mol. The van der Waals surface area contributed by atoms with Gasteiger partial charge in [0.25, 0.3) is 0 Å². The van der Waals surface area contributed by atoms with Crippen LogP contribution in [0.25, 0.3) is 0 Å². The molecule has 1 atom stereocenters. The minimum Gasteiger partial charge on any atom is -0.467 e. The van der Waals surface area contributed by atoms with Gasteiger partial charge in [-0.2, -0.15) is 0 Å². The van der Waals surface area contributed by atoms with Crippen LogP contribution in [0.15, 0.2) is 82.3 Å². The van der Waals surface area contributed by atoms with Crippen molar-refractivity contribution in [3.05, 3.63) is 89.3 Å². The second-order valence-corrected chi connectivity index (χ2v) is 7.08. The standard InChI is InChI=1S/C20H18ClNO2S/c21-16-8-10-17(11-9-16)25-14-12-19(23)22-20(18-7-4-13-24-18)15-5-2-1-3-6-15/h1-11,13,20H,12,14H2,(H,22,23). The van der Waals surface area contributed by atoms with Crippen LogP contribution < -0.4 is 5.32 Å². The molecule has 128 valence electrons. The Bertz CT molecular complexity index is 788. The van der Waals surface area contributed by atoms with E-state index in [4.69, 9.17) is 16.0 Å². The number of furan rings is 1. The molecule has 0 saturated carbocycles. The first-order valence-corrected chi connectivity index (χ1v) is 9.35. The summed E-state index contributed by atoms with van der Waals surface area (Å²) >= 11 is 7.51. The Morgan fingerprint density at radius 1 is 1.04 bits per heavy atom. The summed E-state index contributed by atoms with van der Waals surface area (Å²) in [4.78, 5) is 13.5. The van der Waals surface area contributed by atoms with Crippen molar-refractivity contribution < 1.29 is 9.21 Å². The van der Waals surface area contributed by atoms with Gasteiger partial charge in [0.05, 0.1) is 6.26 Å². The molecule has 1 amide bonds. The highest BCUT2D eigenvalue weighted by atomic mass is 35.5. The summed E-state index contributed by atoms with van der Waals surface area (Å²) in [6.07, 6.45) is 2.05. The number of hydrogen-bond donors (Lipinski definition) is 1. The SMILES string of the molecule is O=C(CCSc1ccc(Cl)cc1)NC(c1ccccc1)c1ccco1. The molecule has 0 aliphatic heterocycles. The number of hydrogen-bond acceptors (Lipinski definition) is 3. The van der Waals surface area contributed by atoms with Crippen LogP contribution >= 0.6 is 23.4 Å². The molecule has 1 heterocycles. The molecule has 0 bridgehead atoms. The summed E-state index contributed by atoms with van der Waals surface area (Å²) < 4.78 is 5.50. The zero-order valence-corrected chi connectivity index (χ0v) is 15.1. The van der Waals surface area contributed by atoms with Crippen molar-refractivity contribution in [1.29, 1.82) is 0 Å². The van der Waals surface area contributed by atoms with Gasteiger partial charge < -0.3 is 9.73 Å². The van der Waals surface area contributed by atoms with E-state index in [2.05, 4.69) is 5.32 Å². The molecule has 2 aromatic carbocycles. The van der Waals surface area contributed by atoms with Crippen molar-refractivity contribution in [3.63, 3.8) is 0 Å². The molecule has 0 fully saturated rings. The minimum atomic E-state index is -0.274. The molecule has 0 spiro atoms. The molecule has 0 saturated heterocycles. The van der Waals surface area contributed by atoms with Crippen molar-refractivity contribution >= 4 is 29.3 Å². The fourth-order valence-corrected chi connectivity index (χ4v) is 3.42. The quantitative estimate of drug-likeness (QED) is 0.571. The van der Waals surface area contributed by atoms with Gasteiger partial charge in [0.2, 0.25) is 5.91 Å². The van der Waals surface area contributed by atoms with Gasteiger partial charge in [-0.05, 0) is 42.0 Å². The van der Waals surface area contributed by atoms with E-state index in [9.17, 15) is 4.79 Å². The fraction of sp³-hybridized carbons (Fsp3) is 0.150. The van der Waals surface area contributed by atoms with Gasteiger partial charge in [0, 0.05) is 22.1 Å². The summed E-state index contributed by atoms with van der Waals surface area (Å²) in [5.74, 6) is 1.42. The Morgan fingerprint density at radius 3 is 2.48 bits per heavy atom. The number of nitrogens with one attached hydrogen (secondary N) is 1. The van der Waals surface area contributed by atoms with Crippen LogP contribution in [0.4, 0.5) is 0 Å². The van der Waals surface area contributed by atoms with Crippen LogP contribution in [0.2, 0.25) is 5.02 Å². The second kappa shape index (κ2) is 8.79. The van der Waals surface area contributed by atoms with E-state index in [0.717, 1.165) is 16.2 Å². The van der Waals surface area contributed by atoms with E-state index < -0.39 is 0 Å². The summed E-state index contributed by atoms with van der Waals surface area (Å²) in [7, 11) is 0. The number of rotatable bonds is 7. The highest BCUT2D eigenvalue weighted by Crippen LogP contribution is 2.24. The van der Waals surface area contributed by atoms with E-state index in [1.165, 1.54) is 0 Å². The maximum Gasteiger partial charge on any atom is 0.221 e. The maximum absolute atomic E-state index is 12.4. The summed E-state index contributed by atoms with van der Waals surface area (Å²) in [6, 6.07) is 20.9. The number of carbonyl (C=O) groups is 1. The van der Waals surface area contributed by atoms with E-state index in [1.807, 2.05) is 66.7 Å². The lowest BCUT2D eigenvalue weighted by Gasteiger charge is -2.17. The van der Waals surface area contributed by atoms with Crippen molar-refractivity contribution in [2.45, 2.75) is 17.4 Å². The Labute approximate surface area is 156 Å². The first-order valence-electron chi connectivity index (χ1n) is 7.98. The average Bonchev–Trinajstić information content (AvgIpc) is 3.16. The van der Waals surface area contributed by atoms with E-state index >= 15 is 0 Å². The molecule has 3 nitrogen and oxygen atoms in total. The van der Waals surface area contributed by atoms with Crippen LogP contribution in [0, 0.1) is 0 Å². The lowest BCUT2D eigenvalue weighted by Crippen LogP contribution is -2.29. The number of halogens is 1. The molecule has 0 aliphatic carbocycles. The van der Waals surface area contributed by atoms with Crippen LogP contribution in [-0.4, -0.2) is 11.7 Å². The number of benzene rings is 2. The third-order valence-corrected chi connectivity index (χ3v) is 4.94.